The van der Waals surface area contributed by atoms with Crippen molar-refractivity contribution in [3.8, 4) is 28.7 Å². The molecule has 2 N–H and O–H groups in total. The summed E-state index contributed by atoms with van der Waals surface area (Å²) in [5, 5.41) is 0. The largest absolute Gasteiger partial charge is 0.492 e. The van der Waals surface area contributed by atoms with Gasteiger partial charge in [0.1, 0.15) is 5.75 Å². The number of ether oxygens (including phenoxy) is 4. The molecule has 0 saturated carbocycles. The summed E-state index contributed by atoms with van der Waals surface area (Å²) >= 11 is 0. The van der Waals surface area contributed by atoms with E-state index in [2.05, 4.69) is 6.92 Å². The van der Waals surface area contributed by atoms with Crippen LogP contribution in [0.4, 0.5) is 0 Å². The van der Waals surface area contributed by atoms with Crippen molar-refractivity contribution in [1.29, 1.82) is 0 Å². The van der Waals surface area contributed by atoms with Gasteiger partial charge in [0.2, 0.25) is 11.5 Å². The molecule has 176 valence electrons. The molecule has 1 amide bonds. The van der Waals surface area contributed by atoms with Crippen LogP contribution in [-0.4, -0.2) is 51.3 Å². The Morgan fingerprint density at radius 3 is 2.28 bits per heavy atom. The molecular formula is C24H33ClN2O5. The zero-order valence-electron chi connectivity index (χ0n) is 19.2. The van der Waals surface area contributed by atoms with Crippen LogP contribution in [0, 0.1) is 0 Å². The normalized spacial score (nSPS) is 15.2. The minimum absolute atomic E-state index is 0. The molecule has 2 aromatic carbocycles. The third-order valence-electron chi connectivity index (χ3n) is 5.69. The van der Waals surface area contributed by atoms with Gasteiger partial charge < -0.3 is 29.6 Å². The number of hydrogen-bond acceptors (Lipinski definition) is 6. The van der Waals surface area contributed by atoms with Crippen LogP contribution in [0.25, 0.3) is 0 Å². The first-order valence-corrected chi connectivity index (χ1v) is 10.7. The van der Waals surface area contributed by atoms with E-state index in [1.54, 1.807) is 6.07 Å². The van der Waals surface area contributed by atoms with Crippen molar-refractivity contribution >= 4 is 18.3 Å². The molecule has 0 radical (unpaired) electrons. The Hall–Kier alpha value is -2.64. The van der Waals surface area contributed by atoms with E-state index >= 15 is 0 Å². The maximum absolute atomic E-state index is 13.5. The van der Waals surface area contributed by atoms with Gasteiger partial charge in [-0.3, -0.25) is 4.79 Å². The number of carbonyl (C=O) groups is 1. The summed E-state index contributed by atoms with van der Waals surface area (Å²) in [5.41, 5.74) is 7.15. The minimum atomic E-state index is -0.0923. The zero-order valence-corrected chi connectivity index (χ0v) is 20.0. The minimum Gasteiger partial charge on any atom is -0.492 e. The van der Waals surface area contributed by atoms with Crippen LogP contribution in [0.2, 0.25) is 0 Å². The molecule has 0 bridgehead atoms. The van der Waals surface area contributed by atoms with Gasteiger partial charge in [-0.2, -0.15) is 0 Å². The highest BCUT2D eigenvalue weighted by molar-refractivity contribution is 5.99. The molecule has 0 spiro atoms. The Labute approximate surface area is 196 Å². The van der Waals surface area contributed by atoms with E-state index in [0.717, 1.165) is 37.8 Å². The van der Waals surface area contributed by atoms with Crippen LogP contribution in [0.3, 0.4) is 0 Å². The second-order valence-electron chi connectivity index (χ2n) is 7.51. The fourth-order valence-electron chi connectivity index (χ4n) is 4.12. The summed E-state index contributed by atoms with van der Waals surface area (Å²) in [7, 11) is 4.57. The van der Waals surface area contributed by atoms with E-state index in [4.69, 9.17) is 24.7 Å². The van der Waals surface area contributed by atoms with E-state index in [-0.39, 0.29) is 24.4 Å². The highest BCUT2D eigenvalue weighted by atomic mass is 35.5. The number of carbonyl (C=O) groups excluding carboxylic acids is 1. The molecule has 0 aromatic heterocycles. The first-order valence-electron chi connectivity index (χ1n) is 10.7. The van der Waals surface area contributed by atoms with Crippen molar-refractivity contribution < 1.29 is 23.7 Å². The van der Waals surface area contributed by atoms with E-state index < -0.39 is 0 Å². The van der Waals surface area contributed by atoms with Gasteiger partial charge in [-0.05, 0) is 49.9 Å². The molecule has 0 aliphatic carbocycles. The predicted molar refractivity (Wildman–Crippen MR) is 127 cm³/mol. The van der Waals surface area contributed by atoms with E-state index in [1.165, 1.54) is 21.3 Å². The van der Waals surface area contributed by atoms with Crippen molar-refractivity contribution in [2.75, 3.05) is 34.4 Å². The molecular weight excluding hydrogens is 432 g/mol. The summed E-state index contributed by atoms with van der Waals surface area (Å²) in [4.78, 5) is 15.4. The number of methoxy groups -OCH3 is 3. The van der Waals surface area contributed by atoms with E-state index in [9.17, 15) is 4.79 Å². The lowest BCUT2D eigenvalue weighted by atomic mass is 10.1. The Kier molecular flexibility index (Phi) is 9.47. The van der Waals surface area contributed by atoms with E-state index in [1.807, 2.05) is 29.2 Å². The summed E-state index contributed by atoms with van der Waals surface area (Å²) in [6, 6.07) is 9.59. The summed E-state index contributed by atoms with van der Waals surface area (Å²) < 4.78 is 22.9. The highest BCUT2D eigenvalue weighted by Gasteiger charge is 2.33. The van der Waals surface area contributed by atoms with Crippen molar-refractivity contribution in [3.63, 3.8) is 0 Å². The summed E-state index contributed by atoms with van der Waals surface area (Å²) in [6.45, 7) is 3.42. The van der Waals surface area contributed by atoms with Gasteiger partial charge in [0.15, 0.2) is 11.5 Å². The molecule has 1 fully saturated rings. The third-order valence-corrected chi connectivity index (χ3v) is 5.69. The molecule has 1 aliphatic rings. The zero-order chi connectivity index (χ0) is 22.4. The van der Waals surface area contributed by atoms with Gasteiger partial charge >= 0.3 is 0 Å². The first-order chi connectivity index (χ1) is 15.1. The standard InChI is InChI=1S/C24H32N2O5.ClH/c1-5-17-7-6-14-26(17)24(27)19-15-20(22(29-3)23(30-4)21(19)28-2)31-18-10-8-16(9-11-18)12-13-25;/h8-11,15,17H,5-7,12-14,25H2,1-4H3;1H. The molecule has 2 aromatic rings. The molecule has 7 nitrogen and oxygen atoms in total. The molecule has 1 atom stereocenters. The SMILES string of the molecule is CCC1CCCN1C(=O)c1cc(Oc2ccc(CCN)cc2)c(OC)c(OC)c1OC.Cl. The smallest absolute Gasteiger partial charge is 0.258 e. The second kappa shape index (κ2) is 11.8. The van der Waals surface area contributed by atoms with Gasteiger partial charge in [0.05, 0.1) is 26.9 Å². The summed E-state index contributed by atoms with van der Waals surface area (Å²) in [5.74, 6) is 1.97. The second-order valence-corrected chi connectivity index (χ2v) is 7.51. The average molecular weight is 465 g/mol. The monoisotopic (exact) mass is 464 g/mol. The van der Waals surface area contributed by atoms with Gasteiger partial charge in [-0.1, -0.05) is 19.1 Å². The van der Waals surface area contributed by atoms with Crippen molar-refractivity contribution in [1.82, 2.24) is 4.90 Å². The Bertz CT molecular complexity index is 904. The Balaban J connectivity index is 0.00000363. The van der Waals surface area contributed by atoms with Crippen LogP contribution < -0.4 is 24.7 Å². The number of rotatable bonds is 9. The fourth-order valence-corrected chi connectivity index (χ4v) is 4.12. The van der Waals surface area contributed by atoms with Gasteiger partial charge in [-0.25, -0.2) is 0 Å². The quantitative estimate of drug-likeness (QED) is 0.590. The van der Waals surface area contributed by atoms with Gasteiger partial charge in [-0.15, -0.1) is 12.4 Å². The lowest BCUT2D eigenvalue weighted by molar-refractivity contribution is 0.0729. The highest BCUT2D eigenvalue weighted by Crippen LogP contribution is 2.48. The lowest BCUT2D eigenvalue weighted by Gasteiger charge is -2.26. The number of benzene rings is 2. The Morgan fingerprint density at radius 2 is 1.72 bits per heavy atom. The molecule has 3 rings (SSSR count). The Morgan fingerprint density at radius 1 is 1.06 bits per heavy atom. The molecule has 32 heavy (non-hydrogen) atoms. The first kappa shape index (κ1) is 25.6. The lowest BCUT2D eigenvalue weighted by Crippen LogP contribution is -2.35. The van der Waals surface area contributed by atoms with Gasteiger partial charge in [0.25, 0.3) is 5.91 Å². The molecule has 8 heteroatoms. The molecule has 1 aliphatic heterocycles. The predicted octanol–water partition coefficient (Wildman–Crippen LogP) is 4.44. The maximum atomic E-state index is 13.5. The van der Waals surface area contributed by atoms with Gasteiger partial charge in [0, 0.05) is 18.7 Å². The van der Waals surface area contributed by atoms with Crippen LogP contribution >= 0.6 is 12.4 Å². The van der Waals surface area contributed by atoms with Crippen molar-refractivity contribution in [2.45, 2.75) is 38.6 Å². The average Bonchev–Trinajstić information content (AvgIpc) is 3.28. The number of nitrogens with two attached hydrogens (primary N) is 1. The number of nitrogens with zero attached hydrogens (tertiary/aromatic N) is 1. The number of halogens is 1. The van der Waals surface area contributed by atoms with Crippen LogP contribution in [-0.2, 0) is 6.42 Å². The molecule has 1 heterocycles. The van der Waals surface area contributed by atoms with Crippen LogP contribution in [0.5, 0.6) is 28.7 Å². The topological polar surface area (TPSA) is 83.3 Å². The van der Waals surface area contributed by atoms with E-state index in [0.29, 0.717) is 40.9 Å². The number of likely N-dealkylation sites (tertiary alicyclic amines) is 1. The number of amides is 1. The van der Waals surface area contributed by atoms with Crippen molar-refractivity contribution in [2.24, 2.45) is 5.73 Å². The molecule has 1 unspecified atom stereocenters. The number of hydrogen-bond donors (Lipinski definition) is 1. The fraction of sp³-hybridized carbons (Fsp3) is 0.458. The summed E-state index contributed by atoms with van der Waals surface area (Å²) in [6.07, 6.45) is 3.72. The maximum Gasteiger partial charge on any atom is 0.258 e. The van der Waals surface area contributed by atoms with Crippen LogP contribution in [0.15, 0.2) is 30.3 Å². The van der Waals surface area contributed by atoms with Crippen molar-refractivity contribution in [3.05, 3.63) is 41.5 Å². The van der Waals surface area contributed by atoms with Crippen LogP contribution in [0.1, 0.15) is 42.1 Å². The molecule has 1 saturated heterocycles. The third kappa shape index (κ3) is 5.22.